The van der Waals surface area contributed by atoms with Gasteiger partial charge in [-0.15, -0.1) is 0 Å². The van der Waals surface area contributed by atoms with E-state index in [-0.39, 0.29) is 24.9 Å². The van der Waals surface area contributed by atoms with Crippen molar-refractivity contribution in [3.05, 3.63) is 85.1 Å². The van der Waals surface area contributed by atoms with Crippen LogP contribution in [0.2, 0.25) is 0 Å². The molecule has 0 heterocycles. The molecule has 0 radical (unpaired) electrons. The maximum absolute atomic E-state index is 13.5. The molecule has 0 spiro atoms. The zero-order valence-corrected chi connectivity index (χ0v) is 48.3. The molecular formula is C62H111N2O7P. The van der Waals surface area contributed by atoms with Crippen molar-refractivity contribution in [2.75, 3.05) is 40.9 Å². The highest BCUT2D eigenvalue weighted by atomic mass is 31.2. The first kappa shape index (κ1) is 69.2. The van der Waals surface area contributed by atoms with Gasteiger partial charge in [0, 0.05) is 12.8 Å². The van der Waals surface area contributed by atoms with Crippen LogP contribution < -0.4 is 10.2 Å². The molecule has 416 valence electrons. The average Bonchev–Trinajstić information content (AvgIpc) is 3.34. The molecule has 1 amide bonds. The SMILES string of the molecule is CC/C=C/C/C=C/C/C=C/CCCCCCCCC(=O)NC(COP(=O)([O-])OCC[N+](C)(C)C)C(/C=C/CCCCCCCCCCCCC)OC(=O)CCCCCC/C=C\C/C=C\C/C=C\CCCCC. The highest BCUT2D eigenvalue weighted by molar-refractivity contribution is 7.45. The van der Waals surface area contributed by atoms with Crippen LogP contribution >= 0.6 is 7.82 Å². The second-order valence-electron chi connectivity index (χ2n) is 20.8. The Morgan fingerprint density at radius 1 is 0.500 bits per heavy atom. The minimum atomic E-state index is -4.71. The van der Waals surface area contributed by atoms with Gasteiger partial charge in [0.2, 0.25) is 5.91 Å². The Kier molecular flexibility index (Phi) is 49.6. The molecule has 0 fully saturated rings. The van der Waals surface area contributed by atoms with E-state index in [1.165, 1.54) is 83.5 Å². The molecule has 9 nitrogen and oxygen atoms in total. The lowest BCUT2D eigenvalue weighted by Gasteiger charge is -2.30. The minimum absolute atomic E-state index is 0.0324. The van der Waals surface area contributed by atoms with E-state index in [9.17, 15) is 19.0 Å². The fraction of sp³-hybridized carbons (Fsp3) is 0.742. The summed E-state index contributed by atoms with van der Waals surface area (Å²) in [6.07, 6.45) is 66.8. The lowest BCUT2D eigenvalue weighted by atomic mass is 10.0. The molecule has 0 aromatic rings. The van der Waals surface area contributed by atoms with Crippen molar-refractivity contribution in [2.45, 2.75) is 258 Å². The second-order valence-corrected chi connectivity index (χ2v) is 22.2. The molecule has 0 rings (SSSR count). The molecular weight excluding hydrogens is 916 g/mol. The number of carbonyl (C=O) groups excluding carboxylic acids is 2. The number of phosphoric acid groups is 1. The minimum Gasteiger partial charge on any atom is -0.756 e. The number of quaternary nitrogens is 1. The van der Waals surface area contributed by atoms with Crippen LogP contribution in [-0.2, 0) is 27.9 Å². The van der Waals surface area contributed by atoms with E-state index in [2.05, 4.69) is 99.0 Å². The van der Waals surface area contributed by atoms with Crippen LogP contribution in [0.15, 0.2) is 85.1 Å². The van der Waals surface area contributed by atoms with E-state index < -0.39 is 26.6 Å². The Balaban J connectivity index is 5.42. The van der Waals surface area contributed by atoms with Gasteiger partial charge in [-0.1, -0.05) is 215 Å². The van der Waals surface area contributed by atoms with Gasteiger partial charge in [0.05, 0.1) is 33.8 Å². The molecule has 1 N–H and O–H groups in total. The lowest BCUT2D eigenvalue weighted by Crippen LogP contribution is -2.47. The summed E-state index contributed by atoms with van der Waals surface area (Å²) < 4.78 is 30.2. The summed E-state index contributed by atoms with van der Waals surface area (Å²) in [6.45, 7) is 6.67. The van der Waals surface area contributed by atoms with Gasteiger partial charge in [0.25, 0.3) is 7.82 Å². The Bertz CT molecular complexity index is 1510. The van der Waals surface area contributed by atoms with Crippen LogP contribution in [0, 0.1) is 0 Å². The number of amides is 1. The molecule has 0 aromatic heterocycles. The van der Waals surface area contributed by atoms with Crippen LogP contribution in [0.4, 0.5) is 0 Å². The Labute approximate surface area is 444 Å². The molecule has 10 heteroatoms. The number of hydrogen-bond donors (Lipinski definition) is 1. The summed E-state index contributed by atoms with van der Waals surface area (Å²) in [5.41, 5.74) is 0. The molecule has 0 bridgehead atoms. The molecule has 3 unspecified atom stereocenters. The maximum atomic E-state index is 13.5. The predicted octanol–water partition coefficient (Wildman–Crippen LogP) is 17.2. The fourth-order valence-corrected chi connectivity index (χ4v) is 8.74. The molecule has 0 aromatic carbocycles. The first-order chi connectivity index (χ1) is 34.9. The van der Waals surface area contributed by atoms with Crippen molar-refractivity contribution in [1.29, 1.82) is 0 Å². The summed E-state index contributed by atoms with van der Waals surface area (Å²) in [5, 5.41) is 3.01. The van der Waals surface area contributed by atoms with Crippen molar-refractivity contribution in [2.24, 2.45) is 0 Å². The van der Waals surface area contributed by atoms with Crippen LogP contribution in [-0.4, -0.2) is 69.4 Å². The van der Waals surface area contributed by atoms with Gasteiger partial charge in [-0.05, 0) is 102 Å². The Morgan fingerprint density at radius 3 is 1.36 bits per heavy atom. The predicted molar refractivity (Wildman–Crippen MR) is 307 cm³/mol. The van der Waals surface area contributed by atoms with Crippen LogP contribution in [0.3, 0.4) is 0 Å². The van der Waals surface area contributed by atoms with Crippen molar-refractivity contribution in [3.8, 4) is 0 Å². The molecule has 0 aliphatic rings. The standard InChI is InChI=1S/C62H111N2O7P/c1-7-10-13-16-19-22-25-28-30-32-34-37-40-43-46-49-52-55-62(66)71-60(53-50-47-44-41-38-35-27-24-21-18-15-12-9-3)59(58-70-72(67,68)69-57-56-64(4,5)6)63-61(65)54-51-48-45-42-39-36-33-31-29-26-23-20-17-14-11-8-2/h11,14,19-20,22-23,28-31,34,37,50,53,59-60H,7-10,12-13,15-18,21,24-27,32-33,35-36,38-49,51-52,54-58H2,1-6H3,(H-,63,65,67,68)/b14-11+,22-19-,23-20+,30-28-,31-29+,37-34-,53-50+. The van der Waals surface area contributed by atoms with E-state index in [1.54, 1.807) is 0 Å². The van der Waals surface area contributed by atoms with Gasteiger partial charge in [-0.2, -0.15) is 0 Å². The number of rotatable bonds is 52. The number of nitrogens with one attached hydrogen (secondary N) is 1. The largest absolute Gasteiger partial charge is 0.756 e. The highest BCUT2D eigenvalue weighted by Crippen LogP contribution is 2.38. The topological polar surface area (TPSA) is 114 Å². The summed E-state index contributed by atoms with van der Waals surface area (Å²) in [5.74, 6) is -0.584. The summed E-state index contributed by atoms with van der Waals surface area (Å²) in [7, 11) is 1.15. The number of nitrogens with zero attached hydrogens (tertiary/aromatic N) is 1. The maximum Gasteiger partial charge on any atom is 0.306 e. The number of esters is 1. The van der Waals surface area contributed by atoms with Crippen LogP contribution in [0.25, 0.3) is 0 Å². The van der Waals surface area contributed by atoms with Gasteiger partial charge in [-0.3, -0.25) is 14.2 Å². The quantitative estimate of drug-likeness (QED) is 0.0212. The number of ether oxygens (including phenoxy) is 1. The zero-order valence-electron chi connectivity index (χ0n) is 47.4. The molecule has 0 aliphatic heterocycles. The number of carbonyl (C=O) groups is 2. The summed E-state index contributed by atoms with van der Waals surface area (Å²) >= 11 is 0. The van der Waals surface area contributed by atoms with Crippen LogP contribution in [0.1, 0.15) is 245 Å². The second kappa shape index (κ2) is 51.7. The molecule has 3 atom stereocenters. The molecule has 0 aliphatic carbocycles. The number of hydrogen-bond acceptors (Lipinski definition) is 7. The number of allylic oxidation sites excluding steroid dienone is 13. The Morgan fingerprint density at radius 2 is 0.889 bits per heavy atom. The molecule has 0 saturated carbocycles. The summed E-state index contributed by atoms with van der Waals surface area (Å²) in [6, 6.07) is -0.908. The normalized spacial score (nSPS) is 14.4. The van der Waals surface area contributed by atoms with Gasteiger partial charge < -0.3 is 28.5 Å². The van der Waals surface area contributed by atoms with Gasteiger partial charge in [0.15, 0.2) is 0 Å². The van der Waals surface area contributed by atoms with Crippen molar-refractivity contribution in [3.63, 3.8) is 0 Å². The lowest BCUT2D eigenvalue weighted by molar-refractivity contribution is -0.870. The van der Waals surface area contributed by atoms with E-state index in [0.717, 1.165) is 122 Å². The summed E-state index contributed by atoms with van der Waals surface area (Å²) in [4.78, 5) is 39.9. The van der Waals surface area contributed by atoms with Crippen molar-refractivity contribution >= 4 is 19.7 Å². The van der Waals surface area contributed by atoms with E-state index >= 15 is 0 Å². The monoisotopic (exact) mass is 1030 g/mol. The fourth-order valence-electron chi connectivity index (χ4n) is 8.01. The smallest absolute Gasteiger partial charge is 0.306 e. The van der Waals surface area contributed by atoms with Crippen molar-refractivity contribution in [1.82, 2.24) is 5.32 Å². The average molecular weight is 1030 g/mol. The van der Waals surface area contributed by atoms with Gasteiger partial charge in [0.1, 0.15) is 19.3 Å². The van der Waals surface area contributed by atoms with E-state index in [4.69, 9.17) is 13.8 Å². The first-order valence-corrected chi connectivity index (χ1v) is 30.9. The third-order valence-corrected chi connectivity index (χ3v) is 13.5. The van der Waals surface area contributed by atoms with Gasteiger partial charge >= 0.3 is 5.97 Å². The highest BCUT2D eigenvalue weighted by Gasteiger charge is 2.27. The van der Waals surface area contributed by atoms with Crippen LogP contribution in [0.5, 0.6) is 0 Å². The third kappa shape index (κ3) is 52.1. The molecule has 72 heavy (non-hydrogen) atoms. The number of unbranched alkanes of at least 4 members (excludes halogenated alkanes) is 24. The van der Waals surface area contributed by atoms with Gasteiger partial charge in [-0.25, -0.2) is 0 Å². The third-order valence-electron chi connectivity index (χ3n) is 12.6. The first-order valence-electron chi connectivity index (χ1n) is 29.4. The number of likely N-dealkylation sites (N-methyl/N-ethyl adjacent to an activating group) is 1. The van der Waals surface area contributed by atoms with E-state index in [1.807, 2.05) is 33.3 Å². The number of phosphoric ester groups is 1. The molecule has 0 saturated heterocycles. The Hall–Kier alpha value is -2.81. The van der Waals surface area contributed by atoms with E-state index in [0.29, 0.717) is 23.9 Å². The van der Waals surface area contributed by atoms with Crippen molar-refractivity contribution < 1.29 is 37.3 Å². The zero-order chi connectivity index (χ0) is 52.9.